The second-order valence-electron chi connectivity index (χ2n) is 12.9. The smallest absolute Gasteiger partial charge is 0.147 e. The first-order valence-electron chi connectivity index (χ1n) is 13.9. The van der Waals surface area contributed by atoms with Crippen LogP contribution in [0.15, 0.2) is 97.3 Å². The molecule has 0 spiro atoms. The molecule has 2 aliphatic carbocycles. The van der Waals surface area contributed by atoms with Crippen molar-refractivity contribution in [1.29, 1.82) is 0 Å². The van der Waals surface area contributed by atoms with Crippen molar-refractivity contribution < 1.29 is 23.2 Å². The molecule has 2 nitrogen and oxygen atoms in total. The number of nitrogens with zero attached hydrogens (tertiary/aromatic N) is 2. The van der Waals surface area contributed by atoms with Crippen LogP contribution in [0.1, 0.15) is 86.3 Å². The Hall–Kier alpha value is -2.32. The van der Waals surface area contributed by atoms with Gasteiger partial charge in [-0.2, -0.15) is 0 Å². The molecule has 4 aromatic rings. The van der Waals surface area contributed by atoms with Crippen LogP contribution in [0.25, 0.3) is 12.2 Å². The average molecular weight is 661 g/mol. The van der Waals surface area contributed by atoms with E-state index in [0.717, 1.165) is 11.4 Å². The van der Waals surface area contributed by atoms with Gasteiger partial charge in [0.15, 0.2) is 0 Å². The molecule has 6 rings (SSSR count). The zero-order chi connectivity index (χ0) is 27.5. The molecule has 2 atom stereocenters. The molecule has 41 heavy (non-hydrogen) atoms. The fraction of sp³-hybridized carbons (Fsp3) is 0.278. The van der Waals surface area contributed by atoms with Gasteiger partial charge in [-0.3, -0.25) is 0 Å². The molecular formula is C36H38Cl2N2Zr. The van der Waals surface area contributed by atoms with Gasteiger partial charge in [0.1, 0.15) is 0 Å². The molecule has 0 radical (unpaired) electrons. The summed E-state index contributed by atoms with van der Waals surface area (Å²) in [4.78, 5) is 10.1. The summed E-state index contributed by atoms with van der Waals surface area (Å²) in [5.41, 5.74) is 10.8. The van der Waals surface area contributed by atoms with Crippen LogP contribution in [-0.2, 0) is 40.3 Å². The molecular weight excluding hydrogens is 623 g/mol. The molecule has 210 valence electrons. The van der Waals surface area contributed by atoms with E-state index in [1.54, 1.807) is 0 Å². The molecule has 0 saturated heterocycles. The van der Waals surface area contributed by atoms with Crippen molar-refractivity contribution in [3.05, 3.63) is 142 Å². The minimum atomic E-state index is -1.50. The first kappa shape index (κ1) is 31.6. The van der Waals surface area contributed by atoms with E-state index in [9.17, 15) is 0 Å². The molecule has 0 fully saturated rings. The first-order valence-corrected chi connectivity index (χ1v) is 16.3. The minimum Gasteiger partial charge on any atom is -0.147 e. The van der Waals surface area contributed by atoms with Crippen LogP contribution in [0.5, 0.6) is 0 Å². The maximum Gasteiger partial charge on any atom is -0.147 e. The Morgan fingerprint density at radius 1 is 0.537 bits per heavy atom. The van der Waals surface area contributed by atoms with Crippen LogP contribution >= 0.6 is 24.8 Å². The zero-order valence-electron chi connectivity index (χ0n) is 24.6. The van der Waals surface area contributed by atoms with Gasteiger partial charge in [-0.15, -0.1) is 24.8 Å². The van der Waals surface area contributed by atoms with Crippen molar-refractivity contribution in [3.8, 4) is 0 Å². The van der Waals surface area contributed by atoms with E-state index >= 15 is 0 Å². The Bertz CT molecular complexity index is 1480. The Balaban J connectivity index is 0.00000194. The molecule has 0 bridgehead atoms. The normalized spacial score (nSPS) is 20.5. The van der Waals surface area contributed by atoms with Crippen molar-refractivity contribution in [2.75, 3.05) is 0 Å². The van der Waals surface area contributed by atoms with Gasteiger partial charge < -0.3 is 0 Å². The number of benzene rings is 2. The summed E-state index contributed by atoms with van der Waals surface area (Å²) in [7, 11) is 0. The van der Waals surface area contributed by atoms with Gasteiger partial charge in [0.05, 0.1) is 0 Å². The predicted molar refractivity (Wildman–Crippen MR) is 173 cm³/mol. The number of halogens is 2. The van der Waals surface area contributed by atoms with Crippen molar-refractivity contribution in [1.82, 2.24) is 9.97 Å². The number of aromatic nitrogens is 2. The SMILES string of the molecule is CC(C)(C)c1cccc2c1C=C[C]2([Zr][C]1(c2ccccn2)C=Cc2c(C(C)(C)C)cccc21)c1ccccn1.Cl.Cl. The number of hydrogen-bond donors (Lipinski definition) is 0. The number of hydrogen-bond acceptors (Lipinski definition) is 2. The summed E-state index contributed by atoms with van der Waals surface area (Å²) in [5.74, 6) is 0. The van der Waals surface area contributed by atoms with Crippen LogP contribution < -0.4 is 0 Å². The van der Waals surface area contributed by atoms with Gasteiger partial charge >= 0.3 is 246 Å². The van der Waals surface area contributed by atoms with E-state index in [4.69, 9.17) is 9.97 Å². The van der Waals surface area contributed by atoms with Gasteiger partial charge in [0, 0.05) is 0 Å². The van der Waals surface area contributed by atoms with Gasteiger partial charge in [-0.25, -0.2) is 0 Å². The van der Waals surface area contributed by atoms with Crippen LogP contribution in [-0.4, -0.2) is 9.97 Å². The van der Waals surface area contributed by atoms with Crippen molar-refractivity contribution in [2.45, 2.75) is 58.6 Å². The number of pyridine rings is 2. The summed E-state index contributed by atoms with van der Waals surface area (Å²) in [6.07, 6.45) is 13.7. The standard InChI is InChI=1S/2C18H18N.2ClH.Zr/c2*1-18(2,3)16-8-6-7-13-14(16)10-11-15(13)17-9-4-5-12-19-17;;;/h2*4-12H,1-3H3;2*1H;. The fourth-order valence-electron chi connectivity index (χ4n) is 6.38. The fourth-order valence-corrected chi connectivity index (χ4v) is 11.8. The molecule has 0 N–H and O–H groups in total. The number of allylic oxidation sites excluding steroid dienone is 2. The van der Waals surface area contributed by atoms with E-state index in [2.05, 4.69) is 127 Å². The third kappa shape index (κ3) is 5.24. The Kier molecular flexibility index (Phi) is 8.79. The Morgan fingerprint density at radius 2 is 0.951 bits per heavy atom. The van der Waals surface area contributed by atoms with E-state index in [-0.39, 0.29) is 41.9 Å². The van der Waals surface area contributed by atoms with E-state index in [1.165, 1.54) is 33.4 Å². The van der Waals surface area contributed by atoms with Crippen molar-refractivity contribution >= 4 is 37.0 Å². The third-order valence-electron chi connectivity index (χ3n) is 8.21. The summed E-state index contributed by atoms with van der Waals surface area (Å²) in [6, 6.07) is 26.7. The quantitative estimate of drug-likeness (QED) is 0.218. The molecule has 2 aromatic heterocycles. The van der Waals surface area contributed by atoms with Crippen LogP contribution in [0.4, 0.5) is 0 Å². The largest absolute Gasteiger partial charge is 0.147 e. The van der Waals surface area contributed by atoms with E-state index in [1.807, 2.05) is 24.5 Å². The van der Waals surface area contributed by atoms with Crippen LogP contribution in [0.3, 0.4) is 0 Å². The van der Waals surface area contributed by atoms with Crippen molar-refractivity contribution in [2.24, 2.45) is 0 Å². The second-order valence-corrected chi connectivity index (χ2v) is 17.4. The summed E-state index contributed by atoms with van der Waals surface area (Å²) in [6.45, 7) is 13.9. The molecule has 2 unspecified atom stereocenters. The number of fused-ring (bicyclic) bond motifs is 2. The maximum absolute atomic E-state index is 5.05. The Labute approximate surface area is 269 Å². The van der Waals surface area contributed by atoms with Crippen molar-refractivity contribution in [3.63, 3.8) is 0 Å². The van der Waals surface area contributed by atoms with Gasteiger partial charge in [-0.05, 0) is 0 Å². The molecule has 0 saturated carbocycles. The Morgan fingerprint density at radius 3 is 1.29 bits per heavy atom. The zero-order valence-corrected chi connectivity index (χ0v) is 28.7. The van der Waals surface area contributed by atoms with E-state index < -0.39 is 23.2 Å². The molecule has 0 aliphatic heterocycles. The summed E-state index contributed by atoms with van der Waals surface area (Å²) < 4.78 is -0.467. The van der Waals surface area contributed by atoms with Crippen LogP contribution in [0, 0.1) is 0 Å². The third-order valence-corrected chi connectivity index (χ3v) is 13.6. The summed E-state index contributed by atoms with van der Waals surface area (Å²) in [5, 5.41) is 0. The van der Waals surface area contributed by atoms with Crippen LogP contribution in [0.2, 0.25) is 0 Å². The monoisotopic (exact) mass is 658 g/mol. The first-order chi connectivity index (χ1) is 18.6. The predicted octanol–water partition coefficient (Wildman–Crippen LogP) is 9.24. The summed E-state index contributed by atoms with van der Waals surface area (Å²) >= 11 is -1.50. The van der Waals surface area contributed by atoms with Gasteiger partial charge in [-0.1, -0.05) is 0 Å². The molecule has 2 aromatic carbocycles. The second kappa shape index (κ2) is 11.4. The van der Waals surface area contributed by atoms with Gasteiger partial charge in [0.25, 0.3) is 0 Å². The maximum atomic E-state index is 5.05. The topological polar surface area (TPSA) is 25.8 Å². The molecule has 5 heteroatoms. The minimum absolute atomic E-state index is 0. The average Bonchev–Trinajstić information content (AvgIpc) is 3.49. The molecule has 2 aliphatic rings. The number of rotatable bonds is 4. The van der Waals surface area contributed by atoms with Gasteiger partial charge in [0.2, 0.25) is 0 Å². The van der Waals surface area contributed by atoms with E-state index in [0.29, 0.717) is 0 Å². The molecule has 0 amide bonds. The molecule has 2 heterocycles.